The normalized spacial score (nSPS) is 14.8. The monoisotopic (exact) mass is 551 g/mol. The molecule has 0 unspecified atom stereocenters. The van der Waals surface area contributed by atoms with Crippen LogP contribution in [0.4, 0.5) is 11.4 Å². The molecule has 186 valence electrons. The molecule has 1 aromatic heterocycles. The molecular formula is C27H31Cl4N4+. The molecule has 0 radical (unpaired) electrons. The van der Waals surface area contributed by atoms with E-state index in [0.29, 0.717) is 20.1 Å². The highest BCUT2D eigenvalue weighted by Crippen LogP contribution is 2.45. The zero-order valence-electron chi connectivity index (χ0n) is 20.6. The Hall–Kier alpha value is -1.85. The van der Waals surface area contributed by atoms with Crippen LogP contribution in [0.2, 0.25) is 20.1 Å². The Morgan fingerprint density at radius 3 is 2.00 bits per heavy atom. The van der Waals surface area contributed by atoms with Crippen LogP contribution in [0.25, 0.3) is 17.1 Å². The van der Waals surface area contributed by atoms with Crippen molar-refractivity contribution in [2.45, 2.75) is 53.6 Å². The maximum absolute atomic E-state index is 6.39. The van der Waals surface area contributed by atoms with Gasteiger partial charge in [-0.3, -0.25) is 0 Å². The lowest BCUT2D eigenvalue weighted by atomic mass is 10.2. The fourth-order valence-corrected chi connectivity index (χ4v) is 5.50. The topological polar surface area (TPSA) is 15.3 Å². The maximum atomic E-state index is 6.39. The molecule has 0 saturated heterocycles. The van der Waals surface area contributed by atoms with E-state index in [2.05, 4.69) is 64.9 Å². The predicted molar refractivity (Wildman–Crippen MR) is 152 cm³/mol. The van der Waals surface area contributed by atoms with E-state index in [0.717, 1.165) is 73.1 Å². The van der Waals surface area contributed by atoms with Crippen LogP contribution < -0.4 is 14.4 Å². The molecule has 1 aliphatic heterocycles. The molecule has 1 aliphatic rings. The van der Waals surface area contributed by atoms with Gasteiger partial charge in [0.1, 0.15) is 5.82 Å². The number of aromatic nitrogens is 2. The van der Waals surface area contributed by atoms with Gasteiger partial charge in [-0.15, -0.1) is 0 Å². The van der Waals surface area contributed by atoms with Gasteiger partial charge in [-0.2, -0.15) is 0 Å². The quantitative estimate of drug-likeness (QED) is 0.260. The van der Waals surface area contributed by atoms with Crippen molar-refractivity contribution in [1.29, 1.82) is 0 Å². The fourth-order valence-electron chi connectivity index (χ4n) is 4.86. The number of hydrogen-bond donors (Lipinski definition) is 0. The number of benzene rings is 2. The number of nitrogens with zero attached hydrogens (tertiary/aromatic N) is 4. The number of hydrogen-bond acceptors (Lipinski definition) is 2. The van der Waals surface area contributed by atoms with Gasteiger partial charge in [-0.05, 0) is 44.9 Å². The number of halogens is 4. The largest absolute Gasteiger partial charge is 0.326 e. The molecule has 0 aliphatic carbocycles. The molecule has 0 amide bonds. The Morgan fingerprint density at radius 1 is 0.771 bits per heavy atom. The number of fused-ring (bicyclic) bond motifs is 2. The Balaban J connectivity index is 1.82. The summed E-state index contributed by atoms with van der Waals surface area (Å²) in [6.45, 7) is 12.1. The van der Waals surface area contributed by atoms with Crippen LogP contribution in [0.15, 0.2) is 42.2 Å². The highest BCUT2D eigenvalue weighted by atomic mass is 35.5. The lowest BCUT2D eigenvalue weighted by Gasteiger charge is -2.23. The second-order valence-corrected chi connectivity index (χ2v) is 10.2. The van der Waals surface area contributed by atoms with Gasteiger partial charge < -0.3 is 9.80 Å². The van der Waals surface area contributed by atoms with Gasteiger partial charge >= 0.3 is 0 Å². The number of anilines is 2. The van der Waals surface area contributed by atoms with Crippen molar-refractivity contribution in [2.24, 2.45) is 0 Å². The fraction of sp³-hybridized carbons (Fsp3) is 0.370. The van der Waals surface area contributed by atoms with Crippen LogP contribution >= 0.6 is 46.4 Å². The molecular weight excluding hydrogens is 522 g/mol. The van der Waals surface area contributed by atoms with Gasteiger partial charge in [0.15, 0.2) is 11.0 Å². The molecule has 0 spiro atoms. The Bertz CT molecular complexity index is 1310. The molecule has 2 aromatic carbocycles. The molecule has 0 N–H and O–H groups in total. The first-order valence-corrected chi connectivity index (χ1v) is 13.7. The van der Waals surface area contributed by atoms with Crippen molar-refractivity contribution < 1.29 is 4.57 Å². The Kier molecular flexibility index (Phi) is 8.27. The molecule has 0 atom stereocenters. The highest BCUT2D eigenvalue weighted by molar-refractivity contribution is 6.43. The second kappa shape index (κ2) is 11.0. The Labute approximate surface area is 227 Å². The number of aryl methyl sites for hydroxylation is 2. The summed E-state index contributed by atoms with van der Waals surface area (Å²) < 4.78 is 4.60. The van der Waals surface area contributed by atoms with Crippen LogP contribution in [0.5, 0.6) is 0 Å². The molecule has 0 fully saturated rings. The van der Waals surface area contributed by atoms with E-state index in [9.17, 15) is 0 Å². The summed E-state index contributed by atoms with van der Waals surface area (Å²) >= 11 is 25.5. The highest BCUT2D eigenvalue weighted by Gasteiger charge is 2.31. The van der Waals surface area contributed by atoms with Crippen LogP contribution in [0, 0.1) is 0 Å². The van der Waals surface area contributed by atoms with E-state index >= 15 is 0 Å². The first-order chi connectivity index (χ1) is 16.9. The van der Waals surface area contributed by atoms with Crippen LogP contribution in [-0.4, -0.2) is 17.7 Å². The first kappa shape index (κ1) is 26.2. The minimum Gasteiger partial charge on any atom is -0.326 e. The van der Waals surface area contributed by atoms with Crippen molar-refractivity contribution in [1.82, 2.24) is 4.57 Å². The van der Waals surface area contributed by atoms with E-state index in [1.165, 1.54) is 0 Å². The van der Waals surface area contributed by atoms with Crippen molar-refractivity contribution in [3.63, 3.8) is 0 Å². The molecule has 0 saturated carbocycles. The number of allylic oxidation sites excluding steroid dienone is 2. The average Bonchev–Trinajstić information content (AvgIpc) is 3.26. The lowest BCUT2D eigenvalue weighted by molar-refractivity contribution is -0.674. The summed E-state index contributed by atoms with van der Waals surface area (Å²) in [5.41, 5.74) is 4.36. The van der Waals surface area contributed by atoms with Crippen molar-refractivity contribution in [2.75, 3.05) is 22.9 Å². The molecule has 4 rings (SSSR count). The van der Waals surface area contributed by atoms with Gasteiger partial charge in [-0.1, -0.05) is 66.3 Å². The number of imidazole rings is 1. The van der Waals surface area contributed by atoms with Crippen LogP contribution in [0.1, 0.15) is 46.4 Å². The molecule has 4 nitrogen and oxygen atoms in total. The van der Waals surface area contributed by atoms with Crippen molar-refractivity contribution in [3.05, 3.63) is 68.2 Å². The lowest BCUT2D eigenvalue weighted by Crippen LogP contribution is -2.36. The van der Waals surface area contributed by atoms with Gasteiger partial charge in [-0.25, -0.2) is 9.13 Å². The summed E-state index contributed by atoms with van der Waals surface area (Å²) in [5, 5.41) is 2.29. The van der Waals surface area contributed by atoms with Gasteiger partial charge in [0.25, 0.3) is 5.82 Å². The van der Waals surface area contributed by atoms with Gasteiger partial charge in [0, 0.05) is 31.3 Å². The van der Waals surface area contributed by atoms with Crippen LogP contribution in [0.3, 0.4) is 0 Å². The first-order valence-electron chi connectivity index (χ1n) is 12.2. The SMILES string of the molecule is CCCN1C(=CC=Cc2n(CC)c3cc(Cl)c(Cl)cc3[n+]2CCC)N(CC)c2cc(Cl)c(Cl)cc21. The molecule has 0 bridgehead atoms. The van der Waals surface area contributed by atoms with E-state index < -0.39 is 0 Å². The smallest absolute Gasteiger partial charge is 0.282 e. The summed E-state index contributed by atoms with van der Waals surface area (Å²) in [6, 6.07) is 7.88. The van der Waals surface area contributed by atoms with E-state index in [1.54, 1.807) is 0 Å². The van der Waals surface area contributed by atoms with E-state index in [4.69, 9.17) is 46.4 Å². The van der Waals surface area contributed by atoms with E-state index in [-0.39, 0.29) is 0 Å². The van der Waals surface area contributed by atoms with Gasteiger partial charge in [0.05, 0.1) is 44.6 Å². The summed E-state index contributed by atoms with van der Waals surface area (Å²) in [6.07, 6.45) is 8.51. The zero-order chi connectivity index (χ0) is 25.3. The minimum absolute atomic E-state index is 0.572. The third-order valence-electron chi connectivity index (χ3n) is 6.32. The summed E-state index contributed by atoms with van der Waals surface area (Å²) in [5.74, 6) is 2.23. The standard InChI is InChI=1S/C27H31Cl4N4/c1-5-12-34-24-16-20(30)18(28)14-22(24)32(7-3)26(34)10-9-11-27-33(8-4)23-15-19(29)21(31)17-25(23)35(27)13-6-2/h9-11,14-17H,5-8,12-13H2,1-4H3/q+1. The Morgan fingerprint density at radius 2 is 1.40 bits per heavy atom. The average molecular weight is 553 g/mol. The molecule has 3 aromatic rings. The predicted octanol–water partition coefficient (Wildman–Crippen LogP) is 8.58. The van der Waals surface area contributed by atoms with Crippen LogP contribution in [-0.2, 0) is 13.1 Å². The van der Waals surface area contributed by atoms with E-state index in [1.807, 2.05) is 24.3 Å². The third kappa shape index (κ3) is 4.79. The third-order valence-corrected chi connectivity index (χ3v) is 7.77. The second-order valence-electron chi connectivity index (χ2n) is 8.54. The zero-order valence-corrected chi connectivity index (χ0v) is 23.6. The summed E-state index contributed by atoms with van der Waals surface area (Å²) in [7, 11) is 0. The molecule has 8 heteroatoms. The minimum atomic E-state index is 0.572. The maximum Gasteiger partial charge on any atom is 0.282 e. The van der Waals surface area contributed by atoms with Crippen molar-refractivity contribution >= 4 is 74.9 Å². The molecule has 35 heavy (non-hydrogen) atoms. The van der Waals surface area contributed by atoms with Gasteiger partial charge in [0.2, 0.25) is 0 Å². The van der Waals surface area contributed by atoms with Crippen molar-refractivity contribution in [3.8, 4) is 0 Å². The number of rotatable bonds is 8. The molecule has 2 heterocycles. The summed E-state index contributed by atoms with van der Waals surface area (Å²) in [4.78, 5) is 4.60.